The third-order valence-corrected chi connectivity index (χ3v) is 3.68. The molecule has 0 spiro atoms. The molecule has 0 saturated carbocycles. The SMILES string of the molecule is CO[P@@](=O)(CO)c1ccccc1. The molecule has 1 aromatic carbocycles. The molecule has 3 nitrogen and oxygen atoms in total. The van der Waals surface area contributed by atoms with Crippen LogP contribution in [0.4, 0.5) is 0 Å². The number of hydrogen-bond acceptors (Lipinski definition) is 3. The Hall–Kier alpha value is -0.630. The molecule has 0 radical (unpaired) electrons. The Balaban J connectivity index is 3.04. The van der Waals surface area contributed by atoms with Crippen LogP contribution in [0.5, 0.6) is 0 Å². The lowest BCUT2D eigenvalue weighted by Crippen LogP contribution is -2.08. The highest BCUT2D eigenvalue weighted by Crippen LogP contribution is 2.42. The van der Waals surface area contributed by atoms with Gasteiger partial charge in [-0.15, -0.1) is 0 Å². The molecule has 0 amide bonds. The minimum atomic E-state index is -2.98. The molecule has 0 saturated heterocycles. The van der Waals surface area contributed by atoms with Crippen LogP contribution in [0.2, 0.25) is 0 Å². The first-order chi connectivity index (χ1) is 5.73. The molecule has 1 N–H and O–H groups in total. The fourth-order valence-corrected chi connectivity index (χ4v) is 2.02. The summed E-state index contributed by atoms with van der Waals surface area (Å²) in [5.41, 5.74) is 0. The van der Waals surface area contributed by atoms with Crippen molar-refractivity contribution >= 4 is 12.7 Å². The molecule has 0 aromatic heterocycles. The van der Waals surface area contributed by atoms with Crippen molar-refractivity contribution < 1.29 is 14.2 Å². The Kier molecular flexibility index (Phi) is 3.04. The standard InChI is InChI=1S/C8H11O3P/c1-11-12(10,7-9)8-5-3-2-4-6-8/h2-6,9H,7H2,1H3/t12-/m0/s1. The van der Waals surface area contributed by atoms with Gasteiger partial charge in [-0.05, 0) is 12.1 Å². The summed E-state index contributed by atoms with van der Waals surface area (Å²) in [6.45, 7) is 0. The quantitative estimate of drug-likeness (QED) is 0.721. The van der Waals surface area contributed by atoms with Crippen molar-refractivity contribution in [3.8, 4) is 0 Å². The highest BCUT2D eigenvalue weighted by molar-refractivity contribution is 7.66. The molecule has 0 fully saturated rings. The summed E-state index contributed by atoms with van der Waals surface area (Å²) in [6.07, 6.45) is -0.451. The largest absolute Gasteiger partial charge is 0.386 e. The van der Waals surface area contributed by atoms with E-state index in [2.05, 4.69) is 0 Å². The van der Waals surface area contributed by atoms with Gasteiger partial charge in [0.15, 0.2) is 0 Å². The summed E-state index contributed by atoms with van der Waals surface area (Å²) in [4.78, 5) is 0. The lowest BCUT2D eigenvalue weighted by molar-refractivity contribution is 0.317. The van der Waals surface area contributed by atoms with Gasteiger partial charge in [0.2, 0.25) is 0 Å². The van der Waals surface area contributed by atoms with E-state index in [9.17, 15) is 4.57 Å². The van der Waals surface area contributed by atoms with Gasteiger partial charge >= 0.3 is 0 Å². The highest BCUT2D eigenvalue weighted by atomic mass is 31.2. The summed E-state index contributed by atoms with van der Waals surface area (Å²) in [6, 6.07) is 8.70. The number of benzene rings is 1. The second kappa shape index (κ2) is 3.85. The fourth-order valence-electron chi connectivity index (χ4n) is 0.900. The van der Waals surface area contributed by atoms with Crippen LogP contribution in [0.25, 0.3) is 0 Å². The molecule has 66 valence electrons. The van der Waals surface area contributed by atoms with Gasteiger partial charge in [-0.3, -0.25) is 4.57 Å². The molecule has 0 aliphatic heterocycles. The average molecular weight is 186 g/mol. The van der Waals surface area contributed by atoms with E-state index < -0.39 is 13.7 Å². The summed E-state index contributed by atoms with van der Waals surface area (Å²) in [7, 11) is -1.64. The number of aliphatic hydroxyl groups is 1. The topological polar surface area (TPSA) is 46.5 Å². The van der Waals surface area contributed by atoms with Gasteiger partial charge in [-0.1, -0.05) is 18.2 Å². The maximum atomic E-state index is 11.7. The van der Waals surface area contributed by atoms with Crippen molar-refractivity contribution in [1.82, 2.24) is 0 Å². The molecule has 1 aromatic rings. The molecule has 1 rings (SSSR count). The number of hydrogen-bond donors (Lipinski definition) is 1. The molecule has 12 heavy (non-hydrogen) atoms. The van der Waals surface area contributed by atoms with Crippen LogP contribution in [0.1, 0.15) is 0 Å². The monoisotopic (exact) mass is 186 g/mol. The first-order valence-corrected chi connectivity index (χ1v) is 5.35. The summed E-state index contributed by atoms with van der Waals surface area (Å²) < 4.78 is 16.5. The van der Waals surface area contributed by atoms with E-state index in [4.69, 9.17) is 9.63 Å². The Morgan fingerprint density at radius 1 is 1.42 bits per heavy atom. The van der Waals surface area contributed by atoms with Crippen molar-refractivity contribution in [1.29, 1.82) is 0 Å². The van der Waals surface area contributed by atoms with Gasteiger partial charge in [-0.25, -0.2) is 0 Å². The van der Waals surface area contributed by atoms with Crippen LogP contribution < -0.4 is 5.30 Å². The highest BCUT2D eigenvalue weighted by Gasteiger charge is 2.22. The lowest BCUT2D eigenvalue weighted by Gasteiger charge is -2.12. The summed E-state index contributed by atoms with van der Waals surface area (Å²) in [5.74, 6) is 0. The minimum Gasteiger partial charge on any atom is -0.386 e. The summed E-state index contributed by atoms with van der Waals surface area (Å²) in [5, 5.41) is 9.40. The molecular weight excluding hydrogens is 175 g/mol. The molecule has 0 aliphatic carbocycles. The normalized spacial score (nSPS) is 15.5. The lowest BCUT2D eigenvalue weighted by atomic mass is 10.4. The second-order valence-corrected chi connectivity index (χ2v) is 4.84. The van der Waals surface area contributed by atoms with E-state index >= 15 is 0 Å². The zero-order valence-electron chi connectivity index (χ0n) is 6.80. The molecule has 0 aliphatic rings. The van der Waals surface area contributed by atoms with Crippen molar-refractivity contribution in [3.05, 3.63) is 30.3 Å². The van der Waals surface area contributed by atoms with Crippen LogP contribution in [0, 0.1) is 0 Å². The number of rotatable bonds is 3. The number of aliphatic hydroxyl groups excluding tert-OH is 1. The van der Waals surface area contributed by atoms with Crippen molar-refractivity contribution in [3.63, 3.8) is 0 Å². The summed E-state index contributed by atoms with van der Waals surface area (Å²) >= 11 is 0. The van der Waals surface area contributed by atoms with Gasteiger partial charge in [0.05, 0.1) is 0 Å². The van der Waals surface area contributed by atoms with E-state index in [1.807, 2.05) is 6.07 Å². The van der Waals surface area contributed by atoms with Crippen LogP contribution >= 0.6 is 7.37 Å². The Morgan fingerprint density at radius 3 is 2.42 bits per heavy atom. The van der Waals surface area contributed by atoms with Gasteiger partial charge < -0.3 is 9.63 Å². The minimum absolute atomic E-state index is 0.451. The van der Waals surface area contributed by atoms with Crippen LogP contribution in [-0.4, -0.2) is 18.6 Å². The average Bonchev–Trinajstić information content (AvgIpc) is 2.18. The van der Waals surface area contributed by atoms with Gasteiger partial charge in [-0.2, -0.15) is 0 Å². The van der Waals surface area contributed by atoms with Crippen molar-refractivity contribution in [2.24, 2.45) is 0 Å². The third-order valence-electron chi connectivity index (χ3n) is 1.63. The van der Waals surface area contributed by atoms with E-state index in [1.54, 1.807) is 24.3 Å². The zero-order valence-corrected chi connectivity index (χ0v) is 7.70. The van der Waals surface area contributed by atoms with Crippen LogP contribution in [0.15, 0.2) is 30.3 Å². The Bertz CT molecular complexity index is 276. The van der Waals surface area contributed by atoms with E-state index in [1.165, 1.54) is 7.11 Å². The van der Waals surface area contributed by atoms with Crippen molar-refractivity contribution in [2.75, 3.05) is 13.5 Å². The van der Waals surface area contributed by atoms with E-state index in [0.29, 0.717) is 5.30 Å². The first kappa shape index (κ1) is 9.46. The molecule has 0 heterocycles. The van der Waals surface area contributed by atoms with Gasteiger partial charge in [0, 0.05) is 12.4 Å². The van der Waals surface area contributed by atoms with Crippen molar-refractivity contribution in [2.45, 2.75) is 0 Å². The van der Waals surface area contributed by atoms with Crippen LogP contribution in [-0.2, 0) is 9.09 Å². The fraction of sp³-hybridized carbons (Fsp3) is 0.250. The Morgan fingerprint density at radius 2 is 2.00 bits per heavy atom. The predicted octanol–water partition coefficient (Wildman–Crippen LogP) is 1.19. The van der Waals surface area contributed by atoms with Gasteiger partial charge in [0.1, 0.15) is 6.35 Å². The maximum Gasteiger partial charge on any atom is 0.256 e. The molecule has 4 heteroatoms. The molecule has 1 atom stereocenters. The second-order valence-electron chi connectivity index (χ2n) is 2.33. The molecule has 0 unspecified atom stereocenters. The molecular formula is C8H11O3P. The Labute approximate surface area is 71.4 Å². The van der Waals surface area contributed by atoms with Gasteiger partial charge in [0.25, 0.3) is 7.37 Å². The molecule has 0 bridgehead atoms. The zero-order chi connectivity index (χ0) is 9.03. The maximum absolute atomic E-state index is 11.7. The van der Waals surface area contributed by atoms with E-state index in [-0.39, 0.29) is 0 Å². The van der Waals surface area contributed by atoms with Crippen LogP contribution in [0.3, 0.4) is 0 Å². The predicted molar refractivity (Wildman–Crippen MR) is 47.8 cm³/mol. The third kappa shape index (κ3) is 1.75. The first-order valence-electron chi connectivity index (χ1n) is 3.54. The smallest absolute Gasteiger partial charge is 0.256 e. The van der Waals surface area contributed by atoms with E-state index in [0.717, 1.165) is 0 Å².